The Morgan fingerprint density at radius 2 is 1.48 bits per heavy atom. The number of amides is 1. The predicted molar refractivity (Wildman–Crippen MR) is 88.7 cm³/mol. The fourth-order valence-corrected chi connectivity index (χ4v) is 3.22. The van der Waals surface area contributed by atoms with Crippen molar-refractivity contribution in [3.8, 4) is 0 Å². The van der Waals surface area contributed by atoms with Crippen molar-refractivity contribution in [2.45, 2.75) is 24.6 Å². The van der Waals surface area contributed by atoms with Crippen LogP contribution in [0.15, 0.2) is 48.5 Å². The van der Waals surface area contributed by atoms with Gasteiger partial charge < -0.3 is 10.6 Å². The van der Waals surface area contributed by atoms with E-state index in [2.05, 4.69) is 0 Å². The van der Waals surface area contributed by atoms with Crippen molar-refractivity contribution < 1.29 is 18.0 Å². The highest BCUT2D eigenvalue weighted by Gasteiger charge is 2.34. The second-order valence-corrected chi connectivity index (χ2v) is 6.28. The van der Waals surface area contributed by atoms with Crippen LogP contribution in [0.4, 0.5) is 13.2 Å². The van der Waals surface area contributed by atoms with Crippen LogP contribution in [-0.4, -0.2) is 36.1 Å². The summed E-state index contributed by atoms with van der Waals surface area (Å²) in [6.45, 7) is 0.360. The van der Waals surface area contributed by atoms with Crippen molar-refractivity contribution >= 4 is 5.91 Å². The van der Waals surface area contributed by atoms with Crippen molar-refractivity contribution in [3.63, 3.8) is 0 Å². The Labute approximate surface area is 144 Å². The molecule has 1 fully saturated rings. The Morgan fingerprint density at radius 3 is 1.88 bits per heavy atom. The molecule has 0 radical (unpaired) electrons. The number of nitrogens with zero attached hydrogens (tertiary/aromatic N) is 1. The van der Waals surface area contributed by atoms with Crippen LogP contribution in [0.25, 0.3) is 0 Å². The number of hydrogen-bond donors (Lipinski definition) is 1. The lowest BCUT2D eigenvalue weighted by Gasteiger charge is -2.28. The summed E-state index contributed by atoms with van der Waals surface area (Å²) < 4.78 is 39.9. The van der Waals surface area contributed by atoms with Gasteiger partial charge in [-0.3, -0.25) is 4.79 Å². The van der Waals surface area contributed by atoms with Crippen LogP contribution >= 0.6 is 0 Å². The van der Waals surface area contributed by atoms with E-state index in [1.54, 1.807) is 24.3 Å². The normalized spacial score (nSPS) is 18.6. The molecule has 3 nitrogen and oxygen atoms in total. The van der Waals surface area contributed by atoms with Gasteiger partial charge in [0.2, 0.25) is 5.91 Å². The molecule has 0 saturated carbocycles. The third kappa shape index (κ3) is 3.85. The molecular weight excluding hydrogens is 329 g/mol. The zero-order valence-electron chi connectivity index (χ0n) is 13.5. The van der Waals surface area contributed by atoms with E-state index >= 15 is 0 Å². The molecule has 0 spiro atoms. The highest BCUT2D eigenvalue weighted by molar-refractivity contribution is 5.84. The van der Waals surface area contributed by atoms with E-state index in [9.17, 15) is 18.0 Å². The third-order valence-electron chi connectivity index (χ3n) is 4.54. The van der Waals surface area contributed by atoms with Crippen molar-refractivity contribution in [2.24, 2.45) is 5.73 Å². The smallest absolute Gasteiger partial charge is 0.240 e. The van der Waals surface area contributed by atoms with Gasteiger partial charge in [-0.1, -0.05) is 24.3 Å². The maximum Gasteiger partial charge on any atom is 0.240 e. The molecule has 132 valence electrons. The van der Waals surface area contributed by atoms with Crippen LogP contribution in [0.5, 0.6) is 0 Å². The fourth-order valence-electron chi connectivity index (χ4n) is 3.22. The highest BCUT2D eigenvalue weighted by Crippen LogP contribution is 2.29. The maximum absolute atomic E-state index is 13.4. The summed E-state index contributed by atoms with van der Waals surface area (Å²) in [5.74, 6) is -1.74. The Bertz CT molecular complexity index is 688. The second-order valence-electron chi connectivity index (χ2n) is 6.28. The summed E-state index contributed by atoms with van der Waals surface area (Å²) in [6.07, 6.45) is -0.734. The lowest BCUT2D eigenvalue weighted by atomic mass is 9.84. The summed E-state index contributed by atoms with van der Waals surface area (Å²) in [5, 5.41) is 0. The zero-order valence-corrected chi connectivity index (χ0v) is 13.5. The SMILES string of the molecule is N[C@H](C(=O)N1CC[C@H](F)C1)C(c1ccc(F)cc1)c1ccc(F)cc1. The van der Waals surface area contributed by atoms with Gasteiger partial charge in [0.1, 0.15) is 17.8 Å². The monoisotopic (exact) mass is 348 g/mol. The molecule has 1 aliphatic rings. The van der Waals surface area contributed by atoms with Crippen molar-refractivity contribution in [3.05, 3.63) is 71.3 Å². The highest BCUT2D eigenvalue weighted by atomic mass is 19.1. The number of benzene rings is 2. The molecule has 25 heavy (non-hydrogen) atoms. The zero-order chi connectivity index (χ0) is 18.0. The number of likely N-dealkylation sites (tertiary alicyclic amines) is 1. The summed E-state index contributed by atoms with van der Waals surface area (Å²) >= 11 is 0. The number of nitrogens with two attached hydrogens (primary N) is 1. The molecule has 1 amide bonds. The first-order valence-corrected chi connectivity index (χ1v) is 8.15. The van der Waals surface area contributed by atoms with E-state index in [0.29, 0.717) is 24.1 Å². The molecule has 1 aliphatic heterocycles. The molecule has 0 aliphatic carbocycles. The van der Waals surface area contributed by atoms with Gasteiger partial charge in [0.15, 0.2) is 0 Å². The van der Waals surface area contributed by atoms with Gasteiger partial charge in [-0.15, -0.1) is 0 Å². The molecular formula is C19H19F3N2O. The predicted octanol–water partition coefficient (Wildman–Crippen LogP) is 2.99. The standard InChI is InChI=1S/C19H19F3N2O/c20-14-5-1-12(2-6-14)17(13-3-7-15(21)8-4-13)18(23)19(25)24-10-9-16(22)11-24/h1-8,16-18H,9-11,23H2/t16-,18-/m0/s1. The molecule has 0 bridgehead atoms. The molecule has 1 saturated heterocycles. The van der Waals surface area contributed by atoms with Crippen LogP contribution in [0.1, 0.15) is 23.5 Å². The van der Waals surface area contributed by atoms with Crippen molar-refractivity contribution in [1.82, 2.24) is 4.90 Å². The minimum absolute atomic E-state index is 0.0338. The second kappa shape index (κ2) is 7.27. The number of carbonyl (C=O) groups excluding carboxylic acids is 1. The number of halogens is 3. The van der Waals surface area contributed by atoms with Gasteiger partial charge in [-0.25, -0.2) is 13.2 Å². The van der Waals surface area contributed by atoms with Gasteiger partial charge >= 0.3 is 0 Å². The molecule has 0 aromatic heterocycles. The minimum Gasteiger partial charge on any atom is -0.338 e. The molecule has 2 atom stereocenters. The summed E-state index contributed by atoms with van der Waals surface area (Å²) in [5.41, 5.74) is 7.51. The quantitative estimate of drug-likeness (QED) is 0.923. The van der Waals surface area contributed by atoms with E-state index in [4.69, 9.17) is 5.73 Å². The van der Waals surface area contributed by atoms with Crippen LogP contribution in [0.2, 0.25) is 0 Å². The van der Waals surface area contributed by atoms with Crippen LogP contribution < -0.4 is 5.73 Å². The largest absolute Gasteiger partial charge is 0.338 e. The Kier molecular flexibility index (Phi) is 5.08. The van der Waals surface area contributed by atoms with Gasteiger partial charge in [0, 0.05) is 12.5 Å². The van der Waals surface area contributed by atoms with E-state index < -0.39 is 29.8 Å². The number of hydrogen-bond acceptors (Lipinski definition) is 2. The summed E-state index contributed by atoms with van der Waals surface area (Å²) in [6, 6.07) is 10.4. The summed E-state index contributed by atoms with van der Waals surface area (Å²) in [4.78, 5) is 14.1. The van der Waals surface area contributed by atoms with Gasteiger partial charge in [0.05, 0.1) is 12.6 Å². The topological polar surface area (TPSA) is 46.3 Å². The first-order valence-electron chi connectivity index (χ1n) is 8.15. The lowest BCUT2D eigenvalue weighted by Crippen LogP contribution is -2.46. The molecule has 2 aromatic rings. The summed E-state index contributed by atoms with van der Waals surface area (Å²) in [7, 11) is 0. The van der Waals surface area contributed by atoms with E-state index in [1.807, 2.05) is 0 Å². The van der Waals surface area contributed by atoms with Crippen LogP contribution in [0.3, 0.4) is 0 Å². The van der Waals surface area contributed by atoms with Gasteiger partial charge in [0.25, 0.3) is 0 Å². The molecule has 6 heteroatoms. The lowest BCUT2D eigenvalue weighted by molar-refractivity contribution is -0.132. The Morgan fingerprint density at radius 1 is 1.00 bits per heavy atom. The Hall–Kier alpha value is -2.34. The van der Waals surface area contributed by atoms with E-state index in [0.717, 1.165) is 0 Å². The number of alkyl halides is 1. The van der Waals surface area contributed by atoms with Crippen molar-refractivity contribution in [1.29, 1.82) is 0 Å². The van der Waals surface area contributed by atoms with Gasteiger partial charge in [-0.05, 0) is 41.8 Å². The molecule has 2 N–H and O–H groups in total. The fraction of sp³-hybridized carbons (Fsp3) is 0.316. The molecule has 1 heterocycles. The first-order chi connectivity index (χ1) is 12.0. The number of rotatable bonds is 4. The number of carbonyl (C=O) groups is 1. The van der Waals surface area contributed by atoms with Crippen LogP contribution in [0, 0.1) is 11.6 Å². The van der Waals surface area contributed by atoms with Crippen molar-refractivity contribution in [2.75, 3.05) is 13.1 Å². The third-order valence-corrected chi connectivity index (χ3v) is 4.54. The molecule has 3 rings (SSSR count). The average Bonchev–Trinajstić information content (AvgIpc) is 3.04. The molecule has 0 unspecified atom stereocenters. The van der Waals surface area contributed by atoms with Gasteiger partial charge in [-0.2, -0.15) is 0 Å². The first kappa shape index (κ1) is 17.5. The Balaban J connectivity index is 1.93. The maximum atomic E-state index is 13.4. The van der Waals surface area contributed by atoms with E-state index in [1.165, 1.54) is 29.2 Å². The van der Waals surface area contributed by atoms with E-state index in [-0.39, 0.29) is 12.5 Å². The molecule has 2 aromatic carbocycles. The minimum atomic E-state index is -1.04. The average molecular weight is 348 g/mol. The van der Waals surface area contributed by atoms with Crippen LogP contribution in [-0.2, 0) is 4.79 Å².